The van der Waals surface area contributed by atoms with Crippen LogP contribution in [0.25, 0.3) is 0 Å². The highest BCUT2D eigenvalue weighted by Crippen LogP contribution is 1.96. The first-order valence-electron chi connectivity index (χ1n) is 2.76. The zero-order valence-corrected chi connectivity index (χ0v) is 6.81. The van der Waals surface area contributed by atoms with Crippen LogP contribution in [0.5, 0.6) is 0 Å². The molecule has 0 aromatic rings. The quantitative estimate of drug-likeness (QED) is 0.501. The molecule has 0 aromatic carbocycles. The molecule has 0 amide bonds. The van der Waals surface area contributed by atoms with Gasteiger partial charge in [0.15, 0.2) is 0 Å². The Morgan fingerprint density at radius 1 is 1.57 bits per heavy atom. The number of rotatable bonds is 3. The van der Waals surface area contributed by atoms with Crippen LogP contribution in [0.4, 0.5) is 0 Å². The van der Waals surface area contributed by atoms with Crippen LogP contribution in [0.3, 0.4) is 0 Å². The summed E-state index contributed by atoms with van der Waals surface area (Å²) in [4.78, 5) is 0. The molecule has 0 saturated heterocycles. The van der Waals surface area contributed by atoms with Gasteiger partial charge in [-0.15, -0.1) is 0 Å². The van der Waals surface area contributed by atoms with Crippen LogP contribution in [0.1, 0.15) is 13.8 Å². The van der Waals surface area contributed by atoms with Gasteiger partial charge in [-0.05, 0) is 0 Å². The lowest BCUT2D eigenvalue weighted by molar-refractivity contribution is 0.434. The second-order valence-corrected chi connectivity index (χ2v) is 3.74. The van der Waals surface area contributed by atoms with E-state index in [2.05, 4.69) is 13.8 Å². The third-order valence-electron chi connectivity index (χ3n) is 0.899. The Labute approximate surface area is 52.1 Å². The average Bonchev–Trinajstić information content (AvgIpc) is 1.61. The summed E-state index contributed by atoms with van der Waals surface area (Å²) in [5.41, 5.74) is 0. The van der Waals surface area contributed by atoms with Crippen molar-refractivity contribution in [1.29, 1.82) is 0 Å². The van der Waals surface area contributed by atoms with Crippen molar-refractivity contribution in [2.24, 2.45) is 5.92 Å². The maximum absolute atomic E-state index is 4.99. The average molecular weight is 116 g/mol. The topological polar surface area (TPSA) is 9.23 Å². The van der Waals surface area contributed by atoms with Crippen molar-refractivity contribution in [3.8, 4) is 0 Å². The Morgan fingerprint density at radius 2 is 2.14 bits per heavy atom. The van der Waals surface area contributed by atoms with Crippen LogP contribution in [0.2, 0.25) is 5.28 Å². The lowest BCUT2D eigenvalue weighted by Crippen LogP contribution is -1.97. The Hall–Kier alpha value is 0.492. The first kappa shape index (κ1) is 7.49. The van der Waals surface area contributed by atoms with Crippen molar-refractivity contribution >= 4 is 15.6 Å². The van der Waals surface area contributed by atoms with Gasteiger partial charge in [-0.1, -0.05) is 25.0 Å². The van der Waals surface area contributed by atoms with Crippen molar-refractivity contribution in [1.82, 2.24) is 0 Å². The molecule has 7 heavy (non-hydrogen) atoms. The van der Waals surface area contributed by atoms with Gasteiger partial charge < -0.3 is 3.79 Å². The molecule has 0 unspecified atom stereocenters. The molecule has 0 radical (unpaired) electrons. The van der Waals surface area contributed by atoms with Crippen LogP contribution >= 0.6 is 0 Å². The summed E-state index contributed by atoms with van der Waals surface area (Å²) in [5, 5.41) is 1.32. The molecule has 0 aromatic heterocycles. The van der Waals surface area contributed by atoms with Crippen molar-refractivity contribution < 1.29 is 3.79 Å². The second-order valence-electron chi connectivity index (χ2n) is 2.18. The van der Waals surface area contributed by atoms with Crippen LogP contribution in [-0.2, 0) is 3.79 Å². The molecule has 0 fully saturated rings. The van der Waals surface area contributed by atoms with E-state index >= 15 is 0 Å². The molecule has 0 rings (SSSR count). The van der Waals surface area contributed by atoms with Crippen LogP contribution in [-0.4, -0.2) is 22.7 Å². The van der Waals surface area contributed by atoms with E-state index in [0.717, 1.165) is 5.92 Å². The highest BCUT2D eigenvalue weighted by molar-refractivity contribution is 6.26. The zero-order valence-electron chi connectivity index (χ0n) is 5.40. The highest BCUT2D eigenvalue weighted by atomic mass is 27.1. The molecular formula is C5H13AlO. The van der Waals surface area contributed by atoms with Gasteiger partial charge in [-0.2, -0.15) is 0 Å². The van der Waals surface area contributed by atoms with E-state index in [1.54, 1.807) is 7.11 Å². The molecule has 0 N–H and O–H groups in total. The molecule has 2 heteroatoms. The summed E-state index contributed by atoms with van der Waals surface area (Å²) >= 11 is -0.126. The molecule has 0 spiro atoms. The van der Waals surface area contributed by atoms with Crippen LogP contribution < -0.4 is 0 Å². The monoisotopic (exact) mass is 116 g/mol. The van der Waals surface area contributed by atoms with Crippen molar-refractivity contribution in [2.45, 2.75) is 19.1 Å². The molecule has 0 aliphatic carbocycles. The largest absolute Gasteiger partial charge is 0.506 e. The van der Waals surface area contributed by atoms with Gasteiger partial charge in [0, 0.05) is 7.11 Å². The summed E-state index contributed by atoms with van der Waals surface area (Å²) in [5.74, 6) is 0.839. The van der Waals surface area contributed by atoms with Crippen molar-refractivity contribution in [2.75, 3.05) is 7.11 Å². The summed E-state index contributed by atoms with van der Waals surface area (Å²) < 4.78 is 4.99. The number of hydrogen-bond acceptors (Lipinski definition) is 1. The van der Waals surface area contributed by atoms with Crippen LogP contribution in [0.15, 0.2) is 0 Å². The third-order valence-corrected chi connectivity index (χ3v) is 2.70. The molecule has 0 aliphatic heterocycles. The Kier molecular flexibility index (Phi) is 4.97. The second kappa shape index (κ2) is 4.65. The van der Waals surface area contributed by atoms with E-state index in [0.29, 0.717) is 0 Å². The lowest BCUT2D eigenvalue weighted by Gasteiger charge is -1.97. The molecule has 0 bridgehead atoms. The molecule has 0 saturated carbocycles. The fourth-order valence-corrected chi connectivity index (χ4v) is 1.06. The maximum atomic E-state index is 4.99. The van der Waals surface area contributed by atoms with Gasteiger partial charge in [-0.25, -0.2) is 0 Å². The lowest BCUT2D eigenvalue weighted by atomic mass is 10.3. The molecule has 1 nitrogen and oxygen atoms in total. The normalized spacial score (nSPS) is 9.71. The fraction of sp³-hybridized carbons (Fsp3) is 1.00. The fourth-order valence-electron chi connectivity index (χ4n) is 0.354. The van der Waals surface area contributed by atoms with E-state index in [9.17, 15) is 0 Å². The van der Waals surface area contributed by atoms with E-state index in [-0.39, 0.29) is 15.6 Å². The Balaban J connectivity index is 2.68. The van der Waals surface area contributed by atoms with Gasteiger partial charge in [-0.3, -0.25) is 0 Å². The van der Waals surface area contributed by atoms with Gasteiger partial charge in [0.1, 0.15) is 0 Å². The highest BCUT2D eigenvalue weighted by Gasteiger charge is 1.94. The van der Waals surface area contributed by atoms with Crippen molar-refractivity contribution in [3.05, 3.63) is 0 Å². The summed E-state index contributed by atoms with van der Waals surface area (Å²) in [6, 6.07) is 0. The predicted molar refractivity (Wildman–Crippen MR) is 33.8 cm³/mol. The Bertz CT molecular complexity index is 37.1. The van der Waals surface area contributed by atoms with E-state index in [1.165, 1.54) is 5.28 Å². The SMILES string of the molecule is C[O][AlH][CH2]C(C)C. The zero-order chi connectivity index (χ0) is 5.70. The first-order chi connectivity index (χ1) is 3.27. The third kappa shape index (κ3) is 6.49. The standard InChI is InChI=1S/C4H9.CH3O.Al.H/c1-4(2)3;1-2;;/h4H,1H2,2-3H3;1H3;;/q;-1;+1;. The van der Waals surface area contributed by atoms with Gasteiger partial charge in [0.2, 0.25) is 0 Å². The number of hydrogen-bond donors (Lipinski definition) is 0. The van der Waals surface area contributed by atoms with Gasteiger partial charge >= 0.3 is 15.6 Å². The molecule has 0 heterocycles. The predicted octanol–water partition coefficient (Wildman–Crippen LogP) is 1.06. The summed E-state index contributed by atoms with van der Waals surface area (Å²) in [7, 11) is 1.80. The summed E-state index contributed by atoms with van der Waals surface area (Å²) in [6.07, 6.45) is 0. The minimum Gasteiger partial charge on any atom is -0.506 e. The van der Waals surface area contributed by atoms with E-state index in [4.69, 9.17) is 3.79 Å². The maximum Gasteiger partial charge on any atom is 0.435 e. The molecule has 0 atom stereocenters. The minimum atomic E-state index is -0.126. The minimum absolute atomic E-state index is 0.126. The van der Waals surface area contributed by atoms with Gasteiger partial charge in [0.05, 0.1) is 0 Å². The smallest absolute Gasteiger partial charge is 0.435 e. The Morgan fingerprint density at radius 3 is 2.29 bits per heavy atom. The van der Waals surface area contributed by atoms with Gasteiger partial charge in [0.25, 0.3) is 0 Å². The van der Waals surface area contributed by atoms with Crippen molar-refractivity contribution in [3.63, 3.8) is 0 Å². The van der Waals surface area contributed by atoms with E-state index < -0.39 is 0 Å². The molecule has 42 valence electrons. The molecule has 0 aliphatic rings. The first-order valence-corrected chi connectivity index (χ1v) is 4.34. The van der Waals surface area contributed by atoms with Crippen LogP contribution in [0, 0.1) is 5.92 Å². The summed E-state index contributed by atoms with van der Waals surface area (Å²) in [6.45, 7) is 4.46. The molecular weight excluding hydrogens is 103 g/mol. The van der Waals surface area contributed by atoms with E-state index in [1.807, 2.05) is 0 Å².